The molecule has 17 heteroatoms. The average molecular weight is 755 g/mol. The largest absolute Gasteiger partial charge is 0.459 e. The van der Waals surface area contributed by atoms with Gasteiger partial charge in [0, 0.05) is 50.8 Å². The second-order valence-electron chi connectivity index (χ2n) is 13.6. The van der Waals surface area contributed by atoms with Crippen molar-refractivity contribution >= 4 is 12.0 Å². The Hall–Kier alpha value is -3.04. The van der Waals surface area contributed by atoms with Gasteiger partial charge in [-0.1, -0.05) is 55.5 Å². The third kappa shape index (κ3) is 14.3. The van der Waals surface area contributed by atoms with Crippen molar-refractivity contribution in [2.75, 3.05) is 19.7 Å². The summed E-state index contributed by atoms with van der Waals surface area (Å²) in [6, 6.07) is -2.87. The van der Waals surface area contributed by atoms with E-state index < -0.39 is 110 Å². The summed E-state index contributed by atoms with van der Waals surface area (Å²) < 4.78 is 23.2. The van der Waals surface area contributed by atoms with Crippen LogP contribution in [0.15, 0.2) is 60.8 Å². The lowest BCUT2D eigenvalue weighted by atomic mass is 9.87. The number of aliphatic hydroxyl groups is 7. The molecule has 300 valence electrons. The van der Waals surface area contributed by atoms with Crippen LogP contribution in [0.4, 0.5) is 4.79 Å². The number of nitrogens with one attached hydrogen (secondary N) is 2. The van der Waals surface area contributed by atoms with Crippen LogP contribution in [0.3, 0.4) is 0 Å². The molecule has 3 heterocycles. The minimum Gasteiger partial charge on any atom is -0.459 e. The monoisotopic (exact) mass is 754 g/mol. The zero-order valence-electron chi connectivity index (χ0n) is 30.2. The zero-order valence-corrected chi connectivity index (χ0v) is 30.2. The molecule has 3 rings (SSSR count). The smallest absolute Gasteiger partial charge is 0.330 e. The maximum absolute atomic E-state index is 12.7. The van der Waals surface area contributed by atoms with Gasteiger partial charge in [0.15, 0.2) is 12.1 Å². The Morgan fingerprint density at radius 1 is 0.962 bits per heavy atom. The predicted molar refractivity (Wildman–Crippen MR) is 191 cm³/mol. The van der Waals surface area contributed by atoms with Gasteiger partial charge >= 0.3 is 12.0 Å². The third-order valence-corrected chi connectivity index (χ3v) is 9.27. The molecular weight excluding hydrogens is 696 g/mol. The molecule has 2 amide bonds. The standard InChI is InChI=1S/C36H58N4O13/c1-3-22-10-8-6-4-5-7-9-11-24(52-34-33(47)31(38)28(45)20-50-34)17-29-32(40-35(48)39-15-14-37)27(44)19-36(49,53-29)18-23(41)16-26(43)25(42)12-13-30(46)51-21(22)2/h4-13,21-29,31-34,41-45,47,49H,3,14-20,37-38H2,1-2H3,(H2,39,40,48)/b6-4+,7-5+,10-8+,11-9+,13-12+/t21-,22+,23+,24+,25-,26-,27+,28-,29+,31+,32-,33+,34+,36-/m1/s1. The predicted octanol–water partition coefficient (Wildman–Crippen LogP) is -1.75. The van der Waals surface area contributed by atoms with Crippen molar-refractivity contribution in [2.45, 2.75) is 125 Å². The summed E-state index contributed by atoms with van der Waals surface area (Å²) >= 11 is 0. The van der Waals surface area contributed by atoms with E-state index in [1.54, 1.807) is 49.5 Å². The van der Waals surface area contributed by atoms with E-state index in [2.05, 4.69) is 10.6 Å². The van der Waals surface area contributed by atoms with Crippen LogP contribution in [-0.2, 0) is 23.7 Å². The molecule has 0 spiro atoms. The van der Waals surface area contributed by atoms with Crippen molar-refractivity contribution in [3.63, 3.8) is 0 Å². The summed E-state index contributed by atoms with van der Waals surface area (Å²) in [6.07, 6.45) is 2.50. The van der Waals surface area contributed by atoms with Crippen LogP contribution in [0.2, 0.25) is 0 Å². The summed E-state index contributed by atoms with van der Waals surface area (Å²) in [5.74, 6) is -3.04. The van der Waals surface area contributed by atoms with Crippen molar-refractivity contribution < 1.29 is 64.3 Å². The van der Waals surface area contributed by atoms with Crippen LogP contribution >= 0.6 is 0 Å². The summed E-state index contributed by atoms with van der Waals surface area (Å²) in [6.45, 7) is 3.76. The molecule has 0 aromatic heterocycles. The third-order valence-electron chi connectivity index (χ3n) is 9.27. The number of carbonyl (C=O) groups excluding carboxylic acids is 2. The summed E-state index contributed by atoms with van der Waals surface area (Å²) in [4.78, 5) is 25.1. The van der Waals surface area contributed by atoms with E-state index >= 15 is 0 Å². The number of rotatable bonds is 6. The highest BCUT2D eigenvalue weighted by atomic mass is 16.7. The Kier molecular flexibility index (Phi) is 18.2. The SMILES string of the molecule is CC[C@H]1/C=C/C=C/C=C/C=C/[C@H](O[C@@H]2OC[C@@H](O)[C@H](N)[C@@H]2O)C[C@@H]2O[C@](O)(C[C@@H](O)C[C@@H](O)[C@H](O)/C=C/C(=O)O[C@@H]1C)C[C@H](O)[C@H]2NC(=O)NCCN. The van der Waals surface area contributed by atoms with Crippen molar-refractivity contribution in [3.05, 3.63) is 60.8 Å². The molecule has 13 N–H and O–H groups in total. The fourth-order valence-electron chi connectivity index (χ4n) is 6.28. The van der Waals surface area contributed by atoms with E-state index in [-0.39, 0.29) is 32.0 Å². The summed E-state index contributed by atoms with van der Waals surface area (Å²) in [7, 11) is 0. The summed E-state index contributed by atoms with van der Waals surface area (Å²) in [5.41, 5.74) is 11.5. The molecule has 0 saturated carbocycles. The molecule has 3 aliphatic heterocycles. The molecule has 53 heavy (non-hydrogen) atoms. The lowest BCUT2D eigenvalue weighted by Gasteiger charge is -2.46. The van der Waals surface area contributed by atoms with Gasteiger partial charge in [0.25, 0.3) is 0 Å². The lowest BCUT2D eigenvalue weighted by molar-refractivity contribution is -0.299. The molecular formula is C36H58N4O13. The number of aliphatic hydroxyl groups excluding tert-OH is 6. The van der Waals surface area contributed by atoms with Crippen molar-refractivity contribution in [1.82, 2.24) is 10.6 Å². The number of carbonyl (C=O) groups is 2. The highest BCUT2D eigenvalue weighted by Crippen LogP contribution is 2.35. The normalized spacial score (nSPS) is 42.5. The Labute approximate surface area is 309 Å². The molecule has 3 aliphatic rings. The quantitative estimate of drug-likeness (QED) is 0.134. The number of ether oxygens (including phenoxy) is 4. The van der Waals surface area contributed by atoms with Crippen LogP contribution in [0.1, 0.15) is 46.0 Å². The van der Waals surface area contributed by atoms with E-state index in [4.69, 9.17) is 30.4 Å². The van der Waals surface area contributed by atoms with Gasteiger partial charge in [-0.05, 0) is 19.4 Å². The molecule has 14 atom stereocenters. The van der Waals surface area contributed by atoms with Crippen molar-refractivity contribution in [2.24, 2.45) is 17.4 Å². The lowest BCUT2D eigenvalue weighted by Crippen LogP contribution is -2.63. The molecule has 2 saturated heterocycles. The summed E-state index contributed by atoms with van der Waals surface area (Å²) in [5, 5.41) is 80.8. The number of cyclic esters (lactones) is 1. The topological polar surface area (TPSA) is 289 Å². The Morgan fingerprint density at radius 2 is 1.64 bits per heavy atom. The molecule has 0 aromatic carbocycles. The van der Waals surface area contributed by atoms with Crippen LogP contribution in [0.25, 0.3) is 0 Å². The maximum Gasteiger partial charge on any atom is 0.330 e. The first-order chi connectivity index (χ1) is 25.2. The highest BCUT2D eigenvalue weighted by Gasteiger charge is 2.48. The molecule has 17 nitrogen and oxygen atoms in total. The van der Waals surface area contributed by atoms with Gasteiger partial charge in [-0.3, -0.25) is 0 Å². The van der Waals surface area contributed by atoms with E-state index in [0.717, 1.165) is 12.2 Å². The van der Waals surface area contributed by atoms with E-state index in [9.17, 15) is 45.3 Å². The van der Waals surface area contributed by atoms with Crippen LogP contribution in [0.5, 0.6) is 0 Å². The van der Waals surface area contributed by atoms with Gasteiger partial charge in [-0.2, -0.15) is 0 Å². The fourth-order valence-corrected chi connectivity index (χ4v) is 6.28. The number of nitrogens with two attached hydrogens (primary N) is 2. The molecule has 0 unspecified atom stereocenters. The van der Waals surface area contributed by atoms with Crippen LogP contribution < -0.4 is 22.1 Å². The Bertz CT molecular complexity index is 1300. The van der Waals surface area contributed by atoms with E-state index in [0.29, 0.717) is 6.42 Å². The Morgan fingerprint density at radius 3 is 2.32 bits per heavy atom. The number of hydrogen-bond acceptors (Lipinski definition) is 15. The minimum atomic E-state index is -2.20. The van der Waals surface area contributed by atoms with Gasteiger partial charge in [0.05, 0.1) is 61.4 Å². The second-order valence-corrected chi connectivity index (χ2v) is 13.6. The second kappa shape index (κ2) is 21.7. The number of urea groups is 1. The van der Waals surface area contributed by atoms with Gasteiger partial charge in [-0.25, -0.2) is 9.59 Å². The van der Waals surface area contributed by atoms with Crippen LogP contribution in [0, 0.1) is 5.92 Å². The van der Waals surface area contributed by atoms with Gasteiger partial charge < -0.3 is 76.8 Å². The zero-order chi connectivity index (χ0) is 39.1. The number of allylic oxidation sites excluding steroid dienone is 6. The maximum atomic E-state index is 12.7. The van der Waals surface area contributed by atoms with E-state index in [1.807, 2.05) is 13.0 Å². The number of esters is 1. The molecule has 0 aliphatic carbocycles. The molecule has 2 fully saturated rings. The van der Waals surface area contributed by atoms with Gasteiger partial charge in [0.2, 0.25) is 0 Å². The molecule has 0 aromatic rings. The van der Waals surface area contributed by atoms with E-state index in [1.165, 1.54) is 0 Å². The first kappa shape index (κ1) is 44.4. The number of amides is 2. The van der Waals surface area contributed by atoms with Crippen LogP contribution in [-0.4, -0.2) is 147 Å². The van der Waals surface area contributed by atoms with Crippen molar-refractivity contribution in [1.29, 1.82) is 0 Å². The molecule has 0 radical (unpaired) electrons. The van der Waals surface area contributed by atoms with Gasteiger partial charge in [-0.15, -0.1) is 0 Å². The first-order valence-electron chi connectivity index (χ1n) is 18.0. The first-order valence-corrected chi connectivity index (χ1v) is 18.0. The fraction of sp³-hybridized carbons (Fsp3) is 0.667. The minimum absolute atomic E-state index is 0.113. The number of fused-ring (bicyclic) bond motifs is 2. The highest BCUT2D eigenvalue weighted by molar-refractivity contribution is 5.82. The number of hydrogen-bond donors (Lipinski definition) is 11. The Balaban J connectivity index is 1.97. The molecule has 2 bridgehead atoms. The van der Waals surface area contributed by atoms with Gasteiger partial charge in [0.1, 0.15) is 12.2 Å². The van der Waals surface area contributed by atoms with Crippen molar-refractivity contribution in [3.8, 4) is 0 Å². The average Bonchev–Trinajstić information content (AvgIpc) is 3.09.